The van der Waals surface area contributed by atoms with E-state index in [2.05, 4.69) is 36.5 Å². The number of hydrogen-bond donors (Lipinski definition) is 1. The van der Waals surface area contributed by atoms with Gasteiger partial charge in [0.1, 0.15) is 5.75 Å². The summed E-state index contributed by atoms with van der Waals surface area (Å²) in [7, 11) is 0. The zero-order chi connectivity index (χ0) is 12.8. The minimum absolute atomic E-state index is 0.684. The van der Waals surface area contributed by atoms with Crippen molar-refractivity contribution >= 4 is 5.69 Å². The van der Waals surface area contributed by atoms with Gasteiger partial charge < -0.3 is 10.1 Å². The Morgan fingerprint density at radius 3 is 2.67 bits per heavy atom. The van der Waals surface area contributed by atoms with Crippen LogP contribution in [0.5, 0.6) is 5.75 Å². The fourth-order valence-electron chi connectivity index (χ4n) is 1.91. The summed E-state index contributed by atoms with van der Waals surface area (Å²) in [6, 6.07) is 16.5. The van der Waals surface area contributed by atoms with Gasteiger partial charge in [-0.05, 0) is 31.5 Å². The Morgan fingerprint density at radius 2 is 1.89 bits per heavy atom. The van der Waals surface area contributed by atoms with Crippen LogP contribution in [0.4, 0.5) is 5.69 Å². The van der Waals surface area contributed by atoms with Crippen LogP contribution in [0.25, 0.3) is 0 Å². The van der Waals surface area contributed by atoms with E-state index < -0.39 is 0 Å². The van der Waals surface area contributed by atoms with Crippen molar-refractivity contribution in [3.8, 4) is 5.75 Å². The molecule has 2 heteroatoms. The molecule has 0 saturated heterocycles. The van der Waals surface area contributed by atoms with Crippen molar-refractivity contribution in [1.29, 1.82) is 0 Å². The third-order valence-corrected chi connectivity index (χ3v) is 2.75. The Kier molecular flexibility index (Phi) is 4.24. The van der Waals surface area contributed by atoms with E-state index in [1.807, 2.05) is 31.2 Å². The molecule has 2 aromatic rings. The number of para-hydroxylation sites is 2. The van der Waals surface area contributed by atoms with Gasteiger partial charge in [-0.25, -0.2) is 0 Å². The zero-order valence-corrected chi connectivity index (χ0v) is 10.9. The highest BCUT2D eigenvalue weighted by atomic mass is 16.5. The van der Waals surface area contributed by atoms with Crippen LogP contribution in [0.15, 0.2) is 48.5 Å². The molecule has 0 aliphatic rings. The standard InChI is InChI=1S/C16H19NO/c1-3-18-16-10-5-4-9-15(16)17-12-14-8-6-7-13(2)11-14/h4-11,17H,3,12H2,1-2H3. The van der Waals surface area contributed by atoms with Crippen LogP contribution in [0, 0.1) is 6.92 Å². The fraction of sp³-hybridized carbons (Fsp3) is 0.250. The second-order valence-electron chi connectivity index (χ2n) is 4.27. The predicted molar refractivity (Wildman–Crippen MR) is 76.1 cm³/mol. The van der Waals surface area contributed by atoms with Gasteiger partial charge in [0.2, 0.25) is 0 Å². The molecule has 0 saturated carbocycles. The highest BCUT2D eigenvalue weighted by Crippen LogP contribution is 2.24. The molecule has 94 valence electrons. The number of hydrogen-bond acceptors (Lipinski definition) is 2. The summed E-state index contributed by atoms with van der Waals surface area (Å²) < 4.78 is 5.59. The van der Waals surface area contributed by atoms with Crippen LogP contribution in [-0.4, -0.2) is 6.61 Å². The molecule has 0 aromatic heterocycles. The third kappa shape index (κ3) is 3.27. The molecule has 2 nitrogen and oxygen atoms in total. The lowest BCUT2D eigenvalue weighted by Crippen LogP contribution is -2.02. The molecule has 0 bridgehead atoms. The van der Waals surface area contributed by atoms with Gasteiger partial charge in [-0.1, -0.05) is 42.0 Å². The topological polar surface area (TPSA) is 21.3 Å². The van der Waals surface area contributed by atoms with E-state index in [0.29, 0.717) is 6.61 Å². The minimum atomic E-state index is 0.684. The molecule has 1 N–H and O–H groups in total. The SMILES string of the molecule is CCOc1ccccc1NCc1cccc(C)c1. The smallest absolute Gasteiger partial charge is 0.142 e. The average molecular weight is 241 g/mol. The molecule has 0 atom stereocenters. The maximum Gasteiger partial charge on any atom is 0.142 e. The molecular weight excluding hydrogens is 222 g/mol. The monoisotopic (exact) mass is 241 g/mol. The van der Waals surface area contributed by atoms with E-state index in [0.717, 1.165) is 18.0 Å². The molecule has 0 radical (unpaired) electrons. The molecule has 0 heterocycles. The lowest BCUT2D eigenvalue weighted by Gasteiger charge is -2.12. The van der Waals surface area contributed by atoms with Crippen molar-refractivity contribution in [2.75, 3.05) is 11.9 Å². The van der Waals surface area contributed by atoms with Crippen molar-refractivity contribution in [3.05, 3.63) is 59.7 Å². The lowest BCUT2D eigenvalue weighted by atomic mass is 10.1. The van der Waals surface area contributed by atoms with Crippen molar-refractivity contribution in [1.82, 2.24) is 0 Å². The Bertz CT molecular complexity index is 508. The Labute approximate surface area is 109 Å². The number of nitrogens with one attached hydrogen (secondary N) is 1. The molecule has 0 aliphatic carbocycles. The molecule has 18 heavy (non-hydrogen) atoms. The second kappa shape index (κ2) is 6.10. The Morgan fingerprint density at radius 1 is 1.06 bits per heavy atom. The number of anilines is 1. The first-order valence-electron chi connectivity index (χ1n) is 6.31. The van der Waals surface area contributed by atoms with E-state index in [4.69, 9.17) is 4.74 Å². The van der Waals surface area contributed by atoms with Gasteiger partial charge >= 0.3 is 0 Å². The van der Waals surface area contributed by atoms with Gasteiger partial charge in [0.05, 0.1) is 12.3 Å². The molecule has 0 aliphatic heterocycles. The summed E-state index contributed by atoms with van der Waals surface area (Å²) in [5.74, 6) is 0.910. The van der Waals surface area contributed by atoms with Gasteiger partial charge in [-0.3, -0.25) is 0 Å². The summed E-state index contributed by atoms with van der Waals surface area (Å²) in [6.07, 6.45) is 0. The maximum atomic E-state index is 5.59. The van der Waals surface area contributed by atoms with Gasteiger partial charge in [0.15, 0.2) is 0 Å². The number of rotatable bonds is 5. The third-order valence-electron chi connectivity index (χ3n) is 2.75. The average Bonchev–Trinajstić information content (AvgIpc) is 2.38. The van der Waals surface area contributed by atoms with Crippen molar-refractivity contribution in [3.63, 3.8) is 0 Å². The summed E-state index contributed by atoms with van der Waals surface area (Å²) >= 11 is 0. The molecule has 2 aromatic carbocycles. The largest absolute Gasteiger partial charge is 0.492 e. The second-order valence-corrected chi connectivity index (χ2v) is 4.27. The molecule has 0 fully saturated rings. The molecule has 0 unspecified atom stereocenters. The van der Waals surface area contributed by atoms with Crippen molar-refractivity contribution in [2.24, 2.45) is 0 Å². The summed E-state index contributed by atoms with van der Waals surface area (Å²) in [5.41, 5.74) is 3.61. The number of aryl methyl sites for hydroxylation is 1. The van der Waals surface area contributed by atoms with Crippen LogP contribution < -0.4 is 10.1 Å². The van der Waals surface area contributed by atoms with Gasteiger partial charge in [0.25, 0.3) is 0 Å². The summed E-state index contributed by atoms with van der Waals surface area (Å²) in [6.45, 7) is 5.60. The van der Waals surface area contributed by atoms with E-state index in [-0.39, 0.29) is 0 Å². The first-order valence-corrected chi connectivity index (χ1v) is 6.31. The van der Waals surface area contributed by atoms with E-state index in [1.165, 1.54) is 11.1 Å². The summed E-state index contributed by atoms with van der Waals surface area (Å²) in [5, 5.41) is 3.42. The van der Waals surface area contributed by atoms with Crippen LogP contribution in [0.1, 0.15) is 18.1 Å². The zero-order valence-electron chi connectivity index (χ0n) is 10.9. The summed E-state index contributed by atoms with van der Waals surface area (Å²) in [4.78, 5) is 0. The molecule has 0 amide bonds. The highest BCUT2D eigenvalue weighted by Gasteiger charge is 2.01. The van der Waals surface area contributed by atoms with Crippen molar-refractivity contribution in [2.45, 2.75) is 20.4 Å². The van der Waals surface area contributed by atoms with E-state index in [9.17, 15) is 0 Å². The van der Waals surface area contributed by atoms with Crippen LogP contribution in [-0.2, 0) is 6.54 Å². The van der Waals surface area contributed by atoms with Gasteiger partial charge in [-0.2, -0.15) is 0 Å². The van der Waals surface area contributed by atoms with Gasteiger partial charge in [0, 0.05) is 6.54 Å². The number of benzene rings is 2. The molecule has 2 rings (SSSR count). The predicted octanol–water partition coefficient (Wildman–Crippen LogP) is 4.01. The van der Waals surface area contributed by atoms with Crippen molar-refractivity contribution < 1.29 is 4.74 Å². The highest BCUT2D eigenvalue weighted by molar-refractivity contribution is 5.56. The Balaban J connectivity index is 2.06. The Hall–Kier alpha value is -1.96. The normalized spacial score (nSPS) is 10.1. The molecule has 0 spiro atoms. The minimum Gasteiger partial charge on any atom is -0.492 e. The van der Waals surface area contributed by atoms with Crippen LogP contribution in [0.2, 0.25) is 0 Å². The molecular formula is C16H19NO. The van der Waals surface area contributed by atoms with E-state index >= 15 is 0 Å². The lowest BCUT2D eigenvalue weighted by molar-refractivity contribution is 0.341. The maximum absolute atomic E-state index is 5.59. The van der Waals surface area contributed by atoms with E-state index in [1.54, 1.807) is 0 Å². The first-order chi connectivity index (χ1) is 8.79. The number of ether oxygens (including phenoxy) is 1. The van der Waals surface area contributed by atoms with Crippen LogP contribution >= 0.6 is 0 Å². The van der Waals surface area contributed by atoms with Gasteiger partial charge in [-0.15, -0.1) is 0 Å². The van der Waals surface area contributed by atoms with Crippen LogP contribution in [0.3, 0.4) is 0 Å². The fourth-order valence-corrected chi connectivity index (χ4v) is 1.91. The quantitative estimate of drug-likeness (QED) is 0.854. The first kappa shape index (κ1) is 12.5.